The molecule has 0 heterocycles. The highest BCUT2D eigenvalue weighted by Gasteiger charge is 2.24. The standard InChI is InChI=1S/C12H12F3NO/c13-8-5-6-9(11(15)10(8)14)16-12(17)7-3-1-2-4-7/h5-7H,1-4H2,(H,16,17). The molecule has 1 amide bonds. The first-order valence-corrected chi connectivity index (χ1v) is 5.54. The predicted molar refractivity (Wildman–Crippen MR) is 56.9 cm³/mol. The van der Waals surface area contributed by atoms with Crippen molar-refractivity contribution in [2.75, 3.05) is 5.32 Å². The summed E-state index contributed by atoms with van der Waals surface area (Å²) in [5.74, 6) is -4.65. The summed E-state index contributed by atoms with van der Waals surface area (Å²) in [6, 6.07) is 1.82. The van der Waals surface area contributed by atoms with Crippen LogP contribution >= 0.6 is 0 Å². The monoisotopic (exact) mass is 243 g/mol. The molecule has 0 unspecified atom stereocenters. The fraction of sp³-hybridized carbons (Fsp3) is 0.417. The van der Waals surface area contributed by atoms with E-state index in [0.29, 0.717) is 0 Å². The number of halogens is 3. The zero-order chi connectivity index (χ0) is 12.4. The lowest BCUT2D eigenvalue weighted by atomic mass is 10.1. The van der Waals surface area contributed by atoms with Gasteiger partial charge in [-0.25, -0.2) is 13.2 Å². The number of carbonyl (C=O) groups is 1. The van der Waals surface area contributed by atoms with E-state index in [9.17, 15) is 18.0 Å². The van der Waals surface area contributed by atoms with Crippen LogP contribution in [0.15, 0.2) is 12.1 Å². The molecular formula is C12H12F3NO. The Hall–Kier alpha value is -1.52. The van der Waals surface area contributed by atoms with Gasteiger partial charge in [-0.1, -0.05) is 12.8 Å². The topological polar surface area (TPSA) is 29.1 Å². The maximum atomic E-state index is 13.3. The third-order valence-electron chi connectivity index (χ3n) is 3.02. The quantitative estimate of drug-likeness (QED) is 0.794. The van der Waals surface area contributed by atoms with Gasteiger partial charge in [-0.05, 0) is 25.0 Å². The molecule has 0 bridgehead atoms. The Kier molecular flexibility index (Phi) is 3.36. The summed E-state index contributed by atoms with van der Waals surface area (Å²) in [5, 5.41) is 2.30. The zero-order valence-electron chi connectivity index (χ0n) is 9.10. The van der Waals surface area contributed by atoms with E-state index < -0.39 is 17.5 Å². The molecule has 1 saturated carbocycles. The molecule has 0 radical (unpaired) electrons. The Morgan fingerprint density at radius 3 is 2.41 bits per heavy atom. The zero-order valence-corrected chi connectivity index (χ0v) is 9.10. The average Bonchev–Trinajstić information content (AvgIpc) is 2.83. The molecule has 0 spiro atoms. The molecule has 2 nitrogen and oxygen atoms in total. The predicted octanol–water partition coefficient (Wildman–Crippen LogP) is 3.23. The Balaban J connectivity index is 2.13. The van der Waals surface area contributed by atoms with Gasteiger partial charge in [-0.3, -0.25) is 4.79 Å². The van der Waals surface area contributed by atoms with Crippen LogP contribution in [0.5, 0.6) is 0 Å². The molecule has 5 heteroatoms. The molecule has 1 aliphatic carbocycles. The summed E-state index contributed by atoms with van der Waals surface area (Å²) in [6.45, 7) is 0. The summed E-state index contributed by atoms with van der Waals surface area (Å²) in [4.78, 5) is 11.7. The molecule has 92 valence electrons. The number of hydrogen-bond acceptors (Lipinski definition) is 1. The molecule has 0 atom stereocenters. The number of hydrogen-bond donors (Lipinski definition) is 1. The van der Waals surface area contributed by atoms with Gasteiger partial charge in [0.25, 0.3) is 0 Å². The van der Waals surface area contributed by atoms with Gasteiger partial charge >= 0.3 is 0 Å². The van der Waals surface area contributed by atoms with Crippen molar-refractivity contribution in [3.05, 3.63) is 29.6 Å². The number of nitrogens with one attached hydrogen (secondary N) is 1. The van der Waals surface area contributed by atoms with Crippen molar-refractivity contribution in [1.82, 2.24) is 0 Å². The van der Waals surface area contributed by atoms with Crippen LogP contribution in [0.3, 0.4) is 0 Å². The second-order valence-corrected chi connectivity index (χ2v) is 4.19. The van der Waals surface area contributed by atoms with E-state index in [2.05, 4.69) is 5.32 Å². The maximum Gasteiger partial charge on any atom is 0.227 e. The normalized spacial score (nSPS) is 16.2. The number of rotatable bonds is 2. The second kappa shape index (κ2) is 4.77. The molecule has 1 aromatic carbocycles. The summed E-state index contributed by atoms with van der Waals surface area (Å²) >= 11 is 0. The number of benzene rings is 1. The summed E-state index contributed by atoms with van der Waals surface area (Å²) in [6.07, 6.45) is 3.46. The minimum absolute atomic E-state index is 0.150. The Morgan fingerprint density at radius 1 is 1.12 bits per heavy atom. The van der Waals surface area contributed by atoms with Crippen molar-refractivity contribution in [3.8, 4) is 0 Å². The molecule has 0 aliphatic heterocycles. The van der Waals surface area contributed by atoms with Crippen LogP contribution in [0.4, 0.5) is 18.9 Å². The Morgan fingerprint density at radius 2 is 1.76 bits per heavy atom. The minimum atomic E-state index is -1.56. The molecule has 1 aromatic rings. The highest BCUT2D eigenvalue weighted by molar-refractivity contribution is 5.92. The van der Waals surface area contributed by atoms with Crippen LogP contribution in [0, 0.1) is 23.4 Å². The van der Waals surface area contributed by atoms with Gasteiger partial charge in [-0.15, -0.1) is 0 Å². The number of amides is 1. The molecule has 1 aliphatic rings. The molecule has 1 fully saturated rings. The Bertz CT molecular complexity index is 442. The van der Waals surface area contributed by atoms with E-state index in [1.807, 2.05) is 0 Å². The molecule has 0 saturated heterocycles. The van der Waals surface area contributed by atoms with Crippen LogP contribution < -0.4 is 5.32 Å². The van der Waals surface area contributed by atoms with Crippen LogP contribution in [-0.2, 0) is 4.79 Å². The lowest BCUT2D eigenvalue weighted by Gasteiger charge is -2.11. The molecule has 17 heavy (non-hydrogen) atoms. The minimum Gasteiger partial charge on any atom is -0.323 e. The first-order valence-electron chi connectivity index (χ1n) is 5.54. The van der Waals surface area contributed by atoms with E-state index in [4.69, 9.17) is 0 Å². The van der Waals surface area contributed by atoms with Gasteiger partial charge in [-0.2, -0.15) is 0 Å². The van der Waals surface area contributed by atoms with Crippen molar-refractivity contribution in [3.63, 3.8) is 0 Å². The lowest BCUT2D eigenvalue weighted by Crippen LogP contribution is -2.21. The first-order chi connectivity index (χ1) is 8.09. The van der Waals surface area contributed by atoms with Crippen molar-refractivity contribution >= 4 is 11.6 Å². The van der Waals surface area contributed by atoms with Gasteiger partial charge in [0.15, 0.2) is 17.5 Å². The van der Waals surface area contributed by atoms with Crippen LogP contribution in [-0.4, -0.2) is 5.91 Å². The number of carbonyl (C=O) groups excluding carboxylic acids is 1. The smallest absolute Gasteiger partial charge is 0.227 e. The van der Waals surface area contributed by atoms with E-state index in [-0.39, 0.29) is 17.5 Å². The molecule has 0 aromatic heterocycles. The van der Waals surface area contributed by atoms with Crippen molar-refractivity contribution in [1.29, 1.82) is 0 Å². The van der Waals surface area contributed by atoms with E-state index >= 15 is 0 Å². The SMILES string of the molecule is O=C(Nc1ccc(F)c(F)c1F)C1CCCC1. The van der Waals surface area contributed by atoms with Crippen LogP contribution in [0.2, 0.25) is 0 Å². The van der Waals surface area contributed by atoms with Crippen molar-refractivity contribution < 1.29 is 18.0 Å². The largest absolute Gasteiger partial charge is 0.323 e. The van der Waals surface area contributed by atoms with Gasteiger partial charge in [0.05, 0.1) is 5.69 Å². The fourth-order valence-electron chi connectivity index (χ4n) is 2.05. The van der Waals surface area contributed by atoms with Crippen LogP contribution in [0.25, 0.3) is 0 Å². The molecule has 1 N–H and O–H groups in total. The van der Waals surface area contributed by atoms with Gasteiger partial charge < -0.3 is 5.32 Å². The second-order valence-electron chi connectivity index (χ2n) is 4.19. The van der Waals surface area contributed by atoms with E-state index in [0.717, 1.165) is 37.8 Å². The average molecular weight is 243 g/mol. The van der Waals surface area contributed by atoms with Crippen LogP contribution in [0.1, 0.15) is 25.7 Å². The van der Waals surface area contributed by atoms with Crippen molar-refractivity contribution in [2.24, 2.45) is 5.92 Å². The fourth-order valence-corrected chi connectivity index (χ4v) is 2.05. The third kappa shape index (κ3) is 2.43. The summed E-state index contributed by atoms with van der Waals surface area (Å²) in [5.41, 5.74) is -0.305. The summed E-state index contributed by atoms with van der Waals surface area (Å²) in [7, 11) is 0. The lowest BCUT2D eigenvalue weighted by molar-refractivity contribution is -0.119. The molecular weight excluding hydrogens is 231 g/mol. The van der Waals surface area contributed by atoms with Gasteiger partial charge in [0.2, 0.25) is 5.91 Å². The highest BCUT2D eigenvalue weighted by atomic mass is 19.2. The summed E-state index contributed by atoms with van der Waals surface area (Å²) < 4.78 is 38.9. The first kappa shape index (κ1) is 12.0. The van der Waals surface area contributed by atoms with Gasteiger partial charge in [0, 0.05) is 5.92 Å². The van der Waals surface area contributed by atoms with Gasteiger partial charge in [0.1, 0.15) is 0 Å². The molecule has 2 rings (SSSR count). The highest BCUT2D eigenvalue weighted by Crippen LogP contribution is 2.27. The Labute approximate surface area is 96.8 Å². The van der Waals surface area contributed by atoms with E-state index in [1.165, 1.54) is 0 Å². The maximum absolute atomic E-state index is 13.3. The van der Waals surface area contributed by atoms with E-state index in [1.54, 1.807) is 0 Å². The third-order valence-corrected chi connectivity index (χ3v) is 3.02. The number of anilines is 1. The van der Waals surface area contributed by atoms with Crippen molar-refractivity contribution in [2.45, 2.75) is 25.7 Å².